The standard InChI is InChI=1S/C37H75NO3P2/c1-6-8-10-12-14-16-18-20-22-24-26-28-30-32-35(39)37(41-43-42,34-38(3,4)5)36(40)33-31-29-27-25-23-21-19-17-15-13-11-9-7-2/h6-34,42H2,1-5H3. The van der Waals surface area contributed by atoms with Crippen LogP contribution in [0.2, 0.25) is 0 Å². The summed E-state index contributed by atoms with van der Waals surface area (Å²) in [5.41, 5.74) is -1.31. The molecule has 0 bridgehead atoms. The molecule has 4 nitrogen and oxygen atoms in total. The van der Waals surface area contributed by atoms with Crippen LogP contribution >= 0.6 is 17.4 Å². The van der Waals surface area contributed by atoms with Gasteiger partial charge in [0.2, 0.25) is 5.60 Å². The molecule has 0 aliphatic carbocycles. The molecule has 43 heavy (non-hydrogen) atoms. The number of carbonyl (C=O) groups is 2. The zero-order valence-corrected chi connectivity index (χ0v) is 31.8. The monoisotopic (exact) mass is 644 g/mol. The van der Waals surface area contributed by atoms with Crippen LogP contribution in [0.25, 0.3) is 0 Å². The van der Waals surface area contributed by atoms with Crippen molar-refractivity contribution in [2.24, 2.45) is 0 Å². The number of ketones is 2. The minimum Gasteiger partial charge on any atom is -0.533 e. The van der Waals surface area contributed by atoms with Crippen molar-refractivity contribution in [1.29, 1.82) is 0 Å². The molecule has 256 valence electrons. The molecule has 0 amide bonds. The zero-order valence-electron chi connectivity index (χ0n) is 29.7. The first-order valence-electron chi connectivity index (χ1n) is 18.7. The van der Waals surface area contributed by atoms with Crippen LogP contribution in [0.1, 0.15) is 194 Å². The molecule has 0 fully saturated rings. The summed E-state index contributed by atoms with van der Waals surface area (Å²) in [5.74, 6) is -0.00321. The Kier molecular flexibility index (Phi) is 29.6. The smallest absolute Gasteiger partial charge is 0.205 e. The van der Waals surface area contributed by atoms with Crippen molar-refractivity contribution in [3.8, 4) is 0 Å². The van der Waals surface area contributed by atoms with Crippen LogP contribution in [-0.2, 0) is 14.1 Å². The third kappa shape index (κ3) is 25.0. The molecule has 0 saturated carbocycles. The average Bonchev–Trinajstić information content (AvgIpc) is 2.96. The van der Waals surface area contributed by atoms with E-state index in [9.17, 15) is 9.59 Å². The Morgan fingerprint density at radius 2 is 0.767 bits per heavy atom. The second kappa shape index (κ2) is 29.5. The highest BCUT2D eigenvalue weighted by Gasteiger charge is 2.46. The summed E-state index contributed by atoms with van der Waals surface area (Å²) in [6.45, 7) is 4.95. The minimum absolute atomic E-state index is 0.00160. The van der Waals surface area contributed by atoms with Gasteiger partial charge in [-0.1, -0.05) is 168 Å². The molecule has 0 N–H and O–H groups in total. The highest BCUT2D eigenvalue weighted by molar-refractivity contribution is 8.00. The summed E-state index contributed by atoms with van der Waals surface area (Å²) < 4.78 is 6.61. The first-order chi connectivity index (χ1) is 20.7. The third-order valence-electron chi connectivity index (χ3n) is 8.82. The predicted molar refractivity (Wildman–Crippen MR) is 194 cm³/mol. The molecule has 0 aromatic carbocycles. The number of likely N-dealkylation sites (N-methyl/N-ethyl adjacent to an activating group) is 1. The Hall–Kier alpha value is 0.120. The molecule has 0 spiro atoms. The molecule has 0 radical (unpaired) electrons. The fourth-order valence-electron chi connectivity index (χ4n) is 6.23. The summed E-state index contributed by atoms with van der Waals surface area (Å²) in [6, 6.07) is 0. The number of hydrogen-bond donors (Lipinski definition) is 0. The molecule has 0 aliphatic heterocycles. The number of quaternary nitrogens is 1. The molecule has 0 aromatic rings. The van der Waals surface area contributed by atoms with E-state index in [0.29, 0.717) is 32.4 Å². The van der Waals surface area contributed by atoms with E-state index in [1.807, 2.05) is 0 Å². The summed E-state index contributed by atoms with van der Waals surface area (Å²) in [6.07, 6.45) is 34.2. The van der Waals surface area contributed by atoms with Gasteiger partial charge in [-0.15, -0.1) is 0 Å². The summed E-state index contributed by atoms with van der Waals surface area (Å²) in [4.78, 5) is 27.3. The van der Waals surface area contributed by atoms with Gasteiger partial charge in [0.05, 0.1) is 21.1 Å². The van der Waals surface area contributed by atoms with Gasteiger partial charge < -0.3 is 17.5 Å². The van der Waals surface area contributed by atoms with E-state index in [1.54, 1.807) is 0 Å². The number of unbranched alkanes of at least 4 members (excludes halogenated alkanes) is 24. The first kappa shape index (κ1) is 43.1. The normalized spacial score (nSPS) is 12.5. The van der Waals surface area contributed by atoms with E-state index in [2.05, 4.69) is 43.9 Å². The van der Waals surface area contributed by atoms with Gasteiger partial charge in [-0.05, 0) is 12.8 Å². The first-order valence-corrected chi connectivity index (χ1v) is 21.1. The molecule has 0 heterocycles. The molecule has 0 saturated heterocycles. The molecular weight excluding hydrogens is 568 g/mol. The third-order valence-corrected chi connectivity index (χ3v) is 9.55. The lowest BCUT2D eigenvalue weighted by Gasteiger charge is -2.41. The van der Waals surface area contributed by atoms with Crippen molar-refractivity contribution in [3.63, 3.8) is 0 Å². The van der Waals surface area contributed by atoms with E-state index in [0.717, 1.165) is 25.7 Å². The van der Waals surface area contributed by atoms with Gasteiger partial charge >= 0.3 is 0 Å². The summed E-state index contributed by atoms with van der Waals surface area (Å²) in [5, 5.41) is 0. The Morgan fingerprint density at radius 3 is 1.00 bits per heavy atom. The number of rotatable bonds is 34. The van der Waals surface area contributed by atoms with Crippen LogP contribution in [0.3, 0.4) is 0 Å². The fourth-order valence-corrected chi connectivity index (χ4v) is 7.21. The van der Waals surface area contributed by atoms with Crippen molar-refractivity contribution >= 4 is 29.0 Å². The van der Waals surface area contributed by atoms with Crippen LogP contribution < -0.4 is 0 Å². The van der Waals surface area contributed by atoms with E-state index in [1.165, 1.54) is 141 Å². The van der Waals surface area contributed by atoms with Gasteiger partial charge in [0.1, 0.15) is 6.54 Å². The lowest BCUT2D eigenvalue weighted by Crippen LogP contribution is -2.59. The van der Waals surface area contributed by atoms with Crippen LogP contribution in [0.4, 0.5) is 0 Å². The summed E-state index contributed by atoms with van der Waals surface area (Å²) >= 11 is 0. The highest BCUT2D eigenvalue weighted by atomic mass is 32.0. The van der Waals surface area contributed by atoms with Crippen LogP contribution in [-0.4, -0.2) is 49.3 Å². The van der Waals surface area contributed by atoms with Crippen LogP contribution in [0.15, 0.2) is 0 Å². The summed E-state index contributed by atoms with van der Waals surface area (Å²) in [7, 11) is 9.27. The second-order valence-corrected chi connectivity index (χ2v) is 15.3. The van der Waals surface area contributed by atoms with E-state index in [-0.39, 0.29) is 11.6 Å². The molecule has 6 heteroatoms. The van der Waals surface area contributed by atoms with Gasteiger partial charge in [-0.2, -0.15) is 0 Å². The van der Waals surface area contributed by atoms with Gasteiger partial charge in [-0.3, -0.25) is 18.5 Å². The molecular formula is C37H75NO3P2. The average molecular weight is 644 g/mol. The quantitative estimate of drug-likeness (QED) is 0.0303. The molecule has 0 aromatic heterocycles. The number of hydrogen-bond acceptors (Lipinski definition) is 3. The molecule has 1 unspecified atom stereocenters. The highest BCUT2D eigenvalue weighted by Crippen LogP contribution is 2.35. The molecule has 0 aliphatic rings. The molecule has 0 rings (SSSR count). The zero-order chi connectivity index (χ0) is 32.1. The van der Waals surface area contributed by atoms with E-state index in [4.69, 9.17) is 4.52 Å². The topological polar surface area (TPSA) is 43.4 Å². The van der Waals surface area contributed by atoms with E-state index < -0.39 is 5.60 Å². The number of nitrogens with zero attached hydrogens (tertiary/aromatic N) is 1. The largest absolute Gasteiger partial charge is 0.533 e. The van der Waals surface area contributed by atoms with Crippen molar-refractivity contribution < 1.29 is 18.6 Å². The van der Waals surface area contributed by atoms with Crippen molar-refractivity contribution in [2.75, 3.05) is 27.7 Å². The van der Waals surface area contributed by atoms with Gasteiger partial charge in [-0.25, -0.2) is 0 Å². The molecule has 1 atom stereocenters. The maximum Gasteiger partial charge on any atom is 0.205 e. The van der Waals surface area contributed by atoms with Crippen molar-refractivity contribution in [1.82, 2.24) is 0 Å². The number of carbonyl (C=O) groups excluding carboxylic acids is 2. The maximum absolute atomic E-state index is 13.6. The lowest BCUT2D eigenvalue weighted by molar-refractivity contribution is -0.874. The van der Waals surface area contributed by atoms with Crippen LogP contribution in [0, 0.1) is 0 Å². The SMILES string of the molecule is CCCCCCCCCCCCCCCC(=O)C(C[N+](C)(C)C)(O[P-]P)C(=O)CCCCCCCCCCCCCCC. The van der Waals surface area contributed by atoms with Crippen LogP contribution in [0.5, 0.6) is 0 Å². The fraction of sp³-hybridized carbons (Fsp3) is 0.946. The van der Waals surface area contributed by atoms with Gasteiger partial charge in [0, 0.05) is 12.8 Å². The lowest BCUT2D eigenvalue weighted by atomic mass is 9.86. The van der Waals surface area contributed by atoms with Gasteiger partial charge in [0.25, 0.3) is 0 Å². The van der Waals surface area contributed by atoms with Crippen molar-refractivity contribution in [3.05, 3.63) is 0 Å². The Morgan fingerprint density at radius 1 is 0.512 bits per heavy atom. The van der Waals surface area contributed by atoms with E-state index >= 15 is 0 Å². The predicted octanol–water partition coefficient (Wildman–Crippen LogP) is 12.2. The Labute approximate surface area is 274 Å². The Balaban J connectivity index is 4.38. The maximum atomic E-state index is 13.6. The van der Waals surface area contributed by atoms with Gasteiger partial charge in [0.15, 0.2) is 11.6 Å². The minimum atomic E-state index is -1.31. The Bertz CT molecular complexity index is 608. The second-order valence-electron chi connectivity index (χ2n) is 14.3. The number of Topliss-reactive ketones (excluding diaryl/α,β-unsaturated/α-hetero) is 2. The van der Waals surface area contributed by atoms with Crippen molar-refractivity contribution in [2.45, 2.75) is 199 Å².